The van der Waals surface area contributed by atoms with Crippen LogP contribution in [-0.2, 0) is 9.53 Å². The van der Waals surface area contributed by atoms with Crippen LogP contribution in [0.15, 0.2) is 69.9 Å². The molecule has 5 nitrogen and oxygen atoms in total. The first-order valence-electron chi connectivity index (χ1n) is 9.53. The summed E-state index contributed by atoms with van der Waals surface area (Å²) < 4.78 is 6.61. The lowest BCUT2D eigenvalue weighted by Crippen LogP contribution is -2.22. The third-order valence-electron chi connectivity index (χ3n) is 4.58. The minimum atomic E-state index is -0.331. The van der Waals surface area contributed by atoms with Gasteiger partial charge in [0.1, 0.15) is 4.83 Å². The van der Waals surface area contributed by atoms with Gasteiger partial charge in [-0.05, 0) is 31.5 Å². The molecule has 0 saturated carbocycles. The van der Waals surface area contributed by atoms with E-state index in [1.165, 1.54) is 23.1 Å². The van der Waals surface area contributed by atoms with Crippen molar-refractivity contribution in [2.75, 3.05) is 12.4 Å². The lowest BCUT2D eigenvalue weighted by molar-refractivity contribution is -0.139. The molecule has 7 heteroatoms. The van der Waals surface area contributed by atoms with Crippen LogP contribution in [0.4, 0.5) is 0 Å². The fourth-order valence-corrected chi connectivity index (χ4v) is 4.94. The second-order valence-corrected chi connectivity index (χ2v) is 8.46. The summed E-state index contributed by atoms with van der Waals surface area (Å²) in [7, 11) is 0. The van der Waals surface area contributed by atoms with Gasteiger partial charge in [0, 0.05) is 10.9 Å². The zero-order chi connectivity index (χ0) is 21.1. The number of carbonyl (C=O) groups is 1. The number of ether oxygens (including phenoxy) is 1. The molecule has 0 bridgehead atoms. The van der Waals surface area contributed by atoms with Gasteiger partial charge in [0.2, 0.25) is 0 Å². The van der Waals surface area contributed by atoms with Gasteiger partial charge in [-0.2, -0.15) is 0 Å². The number of esters is 1. The van der Waals surface area contributed by atoms with E-state index in [4.69, 9.17) is 9.72 Å². The second kappa shape index (κ2) is 8.85. The first-order chi connectivity index (χ1) is 14.6. The number of rotatable bonds is 6. The van der Waals surface area contributed by atoms with Gasteiger partial charge < -0.3 is 4.74 Å². The smallest absolute Gasteiger partial charge is 0.316 e. The number of hydrogen-bond acceptors (Lipinski definition) is 6. The van der Waals surface area contributed by atoms with Gasteiger partial charge in [0.05, 0.1) is 23.4 Å². The maximum Gasteiger partial charge on any atom is 0.316 e. The predicted molar refractivity (Wildman–Crippen MR) is 123 cm³/mol. The highest BCUT2D eigenvalue weighted by atomic mass is 32.2. The Morgan fingerprint density at radius 3 is 2.57 bits per heavy atom. The van der Waals surface area contributed by atoms with E-state index in [9.17, 15) is 9.59 Å². The number of fused-ring (bicyclic) bond motifs is 1. The molecule has 2 heterocycles. The van der Waals surface area contributed by atoms with Gasteiger partial charge in [0.25, 0.3) is 5.56 Å². The normalized spacial score (nSPS) is 11.0. The summed E-state index contributed by atoms with van der Waals surface area (Å²) in [5.74, 6) is -0.238. The molecule has 0 amide bonds. The molecule has 0 fully saturated rings. The van der Waals surface area contributed by atoms with E-state index in [0.717, 1.165) is 16.7 Å². The second-order valence-electron chi connectivity index (χ2n) is 6.66. The van der Waals surface area contributed by atoms with E-state index in [1.807, 2.05) is 66.9 Å². The molecular weight excluding hydrogens is 416 g/mol. The van der Waals surface area contributed by atoms with Gasteiger partial charge in [-0.1, -0.05) is 59.8 Å². The number of para-hydroxylation sites is 1. The Bertz CT molecular complexity index is 1250. The van der Waals surface area contributed by atoms with Crippen molar-refractivity contribution < 1.29 is 9.53 Å². The predicted octanol–water partition coefficient (Wildman–Crippen LogP) is 5.08. The fraction of sp³-hybridized carbons (Fsp3) is 0.174. The van der Waals surface area contributed by atoms with Crippen LogP contribution in [0.2, 0.25) is 0 Å². The molecule has 2 aromatic carbocycles. The van der Waals surface area contributed by atoms with Crippen molar-refractivity contribution in [3.63, 3.8) is 0 Å². The van der Waals surface area contributed by atoms with Crippen molar-refractivity contribution in [3.05, 3.63) is 75.9 Å². The van der Waals surface area contributed by atoms with Gasteiger partial charge in [-0.3, -0.25) is 14.2 Å². The van der Waals surface area contributed by atoms with E-state index in [-0.39, 0.29) is 17.3 Å². The molecule has 0 aliphatic rings. The van der Waals surface area contributed by atoms with Gasteiger partial charge in [-0.15, -0.1) is 11.3 Å². The van der Waals surface area contributed by atoms with E-state index in [0.29, 0.717) is 27.7 Å². The molecular formula is C23H20N2O3S2. The van der Waals surface area contributed by atoms with Crippen LogP contribution in [0.1, 0.15) is 12.5 Å². The summed E-state index contributed by atoms with van der Waals surface area (Å²) >= 11 is 2.65. The monoisotopic (exact) mass is 436 g/mol. The van der Waals surface area contributed by atoms with Crippen LogP contribution in [0, 0.1) is 6.92 Å². The van der Waals surface area contributed by atoms with Crippen LogP contribution < -0.4 is 5.56 Å². The average Bonchev–Trinajstić information content (AvgIpc) is 3.18. The summed E-state index contributed by atoms with van der Waals surface area (Å²) in [6, 6.07) is 17.5. The third-order valence-corrected chi connectivity index (χ3v) is 6.36. The quantitative estimate of drug-likeness (QED) is 0.240. The first-order valence-corrected chi connectivity index (χ1v) is 11.4. The first kappa shape index (κ1) is 20.4. The van der Waals surface area contributed by atoms with Gasteiger partial charge >= 0.3 is 5.97 Å². The average molecular weight is 437 g/mol. The number of thioether (sulfide) groups is 1. The molecule has 0 spiro atoms. The standard InChI is InChI=1S/C23H20N2O3S2/c1-3-28-19(26)14-30-23-24-21-20(22(27)25(23)17-7-5-4-6-8-17)18(13-29-21)16-11-9-15(2)10-12-16/h4-13H,3,14H2,1-2H3. The highest BCUT2D eigenvalue weighted by molar-refractivity contribution is 7.99. The lowest BCUT2D eigenvalue weighted by Gasteiger charge is -2.12. The van der Waals surface area contributed by atoms with E-state index < -0.39 is 0 Å². The molecule has 0 unspecified atom stereocenters. The fourth-order valence-electron chi connectivity index (χ4n) is 3.15. The maximum absolute atomic E-state index is 13.6. The van der Waals surface area contributed by atoms with Crippen molar-refractivity contribution in [1.29, 1.82) is 0 Å². The van der Waals surface area contributed by atoms with Crippen LogP contribution >= 0.6 is 23.1 Å². The zero-order valence-electron chi connectivity index (χ0n) is 16.6. The number of benzene rings is 2. The molecule has 0 radical (unpaired) electrons. The lowest BCUT2D eigenvalue weighted by atomic mass is 10.1. The molecule has 2 aromatic heterocycles. The van der Waals surface area contributed by atoms with Crippen LogP contribution in [0.3, 0.4) is 0 Å². The molecule has 0 aliphatic carbocycles. The van der Waals surface area contributed by atoms with Crippen molar-refractivity contribution in [2.24, 2.45) is 0 Å². The molecule has 0 aliphatic heterocycles. The van der Waals surface area contributed by atoms with Gasteiger partial charge in [0.15, 0.2) is 5.16 Å². The van der Waals surface area contributed by atoms with Crippen molar-refractivity contribution in [3.8, 4) is 16.8 Å². The van der Waals surface area contributed by atoms with E-state index in [1.54, 1.807) is 11.5 Å². The summed E-state index contributed by atoms with van der Waals surface area (Å²) in [4.78, 5) is 30.9. The van der Waals surface area contributed by atoms with E-state index in [2.05, 4.69) is 0 Å². The van der Waals surface area contributed by atoms with Crippen molar-refractivity contribution >= 4 is 39.3 Å². The highest BCUT2D eigenvalue weighted by Gasteiger charge is 2.19. The Balaban J connectivity index is 1.88. The number of carbonyl (C=O) groups excluding carboxylic acids is 1. The molecule has 4 rings (SSSR count). The minimum Gasteiger partial charge on any atom is -0.465 e. The highest BCUT2D eigenvalue weighted by Crippen LogP contribution is 2.33. The molecule has 0 atom stereocenters. The number of nitrogens with zero attached hydrogens (tertiary/aromatic N) is 2. The SMILES string of the molecule is CCOC(=O)CSc1nc2scc(-c3ccc(C)cc3)c2c(=O)n1-c1ccccc1. The number of thiophene rings is 1. The molecule has 0 saturated heterocycles. The van der Waals surface area contributed by atoms with Crippen LogP contribution in [0.25, 0.3) is 27.0 Å². The summed E-state index contributed by atoms with van der Waals surface area (Å²) in [6.45, 7) is 4.12. The number of aromatic nitrogens is 2. The van der Waals surface area contributed by atoms with Crippen LogP contribution in [0.5, 0.6) is 0 Å². The third kappa shape index (κ3) is 4.04. The van der Waals surface area contributed by atoms with Gasteiger partial charge in [-0.25, -0.2) is 4.98 Å². The Morgan fingerprint density at radius 1 is 1.13 bits per heavy atom. The Morgan fingerprint density at radius 2 is 1.87 bits per heavy atom. The zero-order valence-corrected chi connectivity index (χ0v) is 18.3. The Labute approximate surface area is 182 Å². The summed E-state index contributed by atoms with van der Waals surface area (Å²) in [5.41, 5.74) is 3.59. The number of hydrogen-bond donors (Lipinski definition) is 0. The molecule has 152 valence electrons. The maximum atomic E-state index is 13.6. The topological polar surface area (TPSA) is 61.2 Å². The molecule has 0 N–H and O–H groups in total. The minimum absolute atomic E-state index is 0.0921. The van der Waals surface area contributed by atoms with Crippen molar-refractivity contribution in [1.82, 2.24) is 9.55 Å². The largest absolute Gasteiger partial charge is 0.465 e. The van der Waals surface area contributed by atoms with Crippen LogP contribution in [-0.4, -0.2) is 27.9 Å². The Kier molecular flexibility index (Phi) is 6.01. The Hall–Kier alpha value is -2.90. The summed E-state index contributed by atoms with van der Waals surface area (Å²) in [5, 5.41) is 3.04. The van der Waals surface area contributed by atoms with Crippen molar-refractivity contribution in [2.45, 2.75) is 19.0 Å². The number of aryl methyl sites for hydroxylation is 1. The summed E-state index contributed by atoms with van der Waals surface area (Å²) in [6.07, 6.45) is 0. The molecule has 4 aromatic rings. The van der Waals surface area contributed by atoms with E-state index >= 15 is 0 Å². The molecule has 30 heavy (non-hydrogen) atoms.